The van der Waals surface area contributed by atoms with Gasteiger partial charge >= 0.3 is 0 Å². The van der Waals surface area contributed by atoms with Gasteiger partial charge in [0.15, 0.2) is 11.5 Å². The number of carbonyl (C=O) groups excluding carboxylic acids is 2. The summed E-state index contributed by atoms with van der Waals surface area (Å²) in [5, 5.41) is 5.62. The second-order valence-electron chi connectivity index (χ2n) is 6.72. The number of anilines is 2. The van der Waals surface area contributed by atoms with Crippen LogP contribution in [0.3, 0.4) is 0 Å². The SMILES string of the molecule is Cc1ccc(NC(=O)c2ccnc(C(=O)Nc3ccc4c(c3)OCO4)c2)c(C)c1. The van der Waals surface area contributed by atoms with E-state index in [0.29, 0.717) is 22.7 Å². The summed E-state index contributed by atoms with van der Waals surface area (Å²) in [7, 11) is 0. The number of aromatic nitrogens is 1. The molecule has 1 aliphatic rings. The topological polar surface area (TPSA) is 89.6 Å². The molecule has 7 nitrogen and oxygen atoms in total. The quantitative estimate of drug-likeness (QED) is 0.706. The Hall–Kier alpha value is -3.87. The number of benzene rings is 2. The maximum absolute atomic E-state index is 12.6. The lowest BCUT2D eigenvalue weighted by molar-refractivity contribution is 0.102. The Morgan fingerprint density at radius 3 is 2.55 bits per heavy atom. The van der Waals surface area contributed by atoms with E-state index in [2.05, 4.69) is 15.6 Å². The summed E-state index contributed by atoms with van der Waals surface area (Å²) in [6.45, 7) is 4.08. The van der Waals surface area contributed by atoms with Gasteiger partial charge in [-0.15, -0.1) is 0 Å². The molecule has 2 N–H and O–H groups in total. The Morgan fingerprint density at radius 2 is 1.72 bits per heavy atom. The van der Waals surface area contributed by atoms with Crippen molar-refractivity contribution in [3.63, 3.8) is 0 Å². The van der Waals surface area contributed by atoms with Gasteiger partial charge in [0.05, 0.1) is 0 Å². The van der Waals surface area contributed by atoms with E-state index in [1.54, 1.807) is 24.3 Å². The standard InChI is InChI=1S/C22H19N3O4/c1-13-3-5-17(14(2)9-13)25-21(26)15-7-8-23-18(10-15)22(27)24-16-4-6-19-20(11-16)29-12-28-19/h3-11H,12H2,1-2H3,(H,24,27)(H,25,26). The van der Waals surface area contributed by atoms with Gasteiger partial charge in [-0.2, -0.15) is 0 Å². The fraction of sp³-hybridized carbons (Fsp3) is 0.136. The highest BCUT2D eigenvalue weighted by Crippen LogP contribution is 2.34. The molecule has 0 fully saturated rings. The number of hydrogen-bond donors (Lipinski definition) is 2. The van der Waals surface area contributed by atoms with E-state index in [-0.39, 0.29) is 18.4 Å². The van der Waals surface area contributed by atoms with Gasteiger partial charge in [0, 0.05) is 29.2 Å². The minimum atomic E-state index is -0.426. The zero-order valence-electron chi connectivity index (χ0n) is 16.0. The summed E-state index contributed by atoms with van der Waals surface area (Å²) >= 11 is 0. The molecule has 0 spiro atoms. The lowest BCUT2D eigenvalue weighted by atomic mass is 10.1. The van der Waals surface area contributed by atoms with Crippen molar-refractivity contribution < 1.29 is 19.1 Å². The van der Waals surface area contributed by atoms with Crippen LogP contribution in [-0.2, 0) is 0 Å². The molecule has 0 bridgehead atoms. The van der Waals surface area contributed by atoms with Gasteiger partial charge in [-0.25, -0.2) is 0 Å². The molecule has 2 amide bonds. The Balaban J connectivity index is 1.49. The summed E-state index contributed by atoms with van der Waals surface area (Å²) in [5.74, 6) is 0.463. The molecule has 1 aliphatic heterocycles. The van der Waals surface area contributed by atoms with Crippen LogP contribution in [0.25, 0.3) is 0 Å². The molecule has 0 unspecified atom stereocenters. The van der Waals surface area contributed by atoms with Crippen molar-refractivity contribution in [3.05, 3.63) is 77.1 Å². The van der Waals surface area contributed by atoms with E-state index < -0.39 is 5.91 Å². The van der Waals surface area contributed by atoms with Crippen LogP contribution < -0.4 is 20.1 Å². The normalized spacial score (nSPS) is 11.8. The first-order valence-corrected chi connectivity index (χ1v) is 9.05. The van der Waals surface area contributed by atoms with Gasteiger partial charge in [0.2, 0.25) is 6.79 Å². The molecule has 1 aromatic heterocycles. The number of aryl methyl sites for hydroxylation is 2. The van der Waals surface area contributed by atoms with Crippen LogP contribution in [0.2, 0.25) is 0 Å². The number of amides is 2. The highest BCUT2D eigenvalue weighted by Gasteiger charge is 2.16. The predicted molar refractivity (Wildman–Crippen MR) is 109 cm³/mol. The molecule has 3 aromatic rings. The van der Waals surface area contributed by atoms with Gasteiger partial charge in [-0.3, -0.25) is 14.6 Å². The average Bonchev–Trinajstić information content (AvgIpc) is 3.18. The molecule has 0 atom stereocenters. The molecular weight excluding hydrogens is 370 g/mol. The number of rotatable bonds is 4. The van der Waals surface area contributed by atoms with Crippen molar-refractivity contribution in [2.24, 2.45) is 0 Å². The minimum absolute atomic E-state index is 0.135. The monoisotopic (exact) mass is 389 g/mol. The van der Waals surface area contributed by atoms with E-state index in [4.69, 9.17) is 9.47 Å². The number of ether oxygens (including phenoxy) is 2. The van der Waals surface area contributed by atoms with E-state index in [1.807, 2.05) is 32.0 Å². The third-order valence-corrected chi connectivity index (χ3v) is 4.52. The lowest BCUT2D eigenvalue weighted by Gasteiger charge is -2.10. The summed E-state index contributed by atoms with van der Waals surface area (Å²) < 4.78 is 10.6. The Labute approximate surface area is 167 Å². The third-order valence-electron chi connectivity index (χ3n) is 4.52. The number of fused-ring (bicyclic) bond motifs is 1. The Kier molecular flexibility index (Phi) is 4.87. The zero-order chi connectivity index (χ0) is 20.4. The molecule has 0 saturated heterocycles. The van der Waals surface area contributed by atoms with E-state index in [9.17, 15) is 9.59 Å². The number of carbonyl (C=O) groups is 2. The largest absolute Gasteiger partial charge is 0.454 e. The van der Waals surface area contributed by atoms with Crippen LogP contribution in [0.1, 0.15) is 32.0 Å². The smallest absolute Gasteiger partial charge is 0.274 e. The summed E-state index contributed by atoms with van der Waals surface area (Å²) in [5.41, 5.74) is 3.83. The van der Waals surface area contributed by atoms with Crippen molar-refractivity contribution >= 4 is 23.2 Å². The molecule has 2 aromatic carbocycles. The van der Waals surface area contributed by atoms with Crippen LogP contribution in [0.15, 0.2) is 54.7 Å². The van der Waals surface area contributed by atoms with Crippen molar-refractivity contribution in [2.45, 2.75) is 13.8 Å². The molecular formula is C22H19N3O4. The van der Waals surface area contributed by atoms with E-state index >= 15 is 0 Å². The predicted octanol–water partition coefficient (Wildman–Crippen LogP) is 3.93. The Bertz CT molecular complexity index is 1110. The first-order valence-electron chi connectivity index (χ1n) is 9.05. The van der Waals surface area contributed by atoms with Crippen LogP contribution in [0.5, 0.6) is 11.5 Å². The van der Waals surface area contributed by atoms with E-state index in [1.165, 1.54) is 12.3 Å². The molecule has 0 aliphatic carbocycles. The number of nitrogens with zero attached hydrogens (tertiary/aromatic N) is 1. The lowest BCUT2D eigenvalue weighted by Crippen LogP contribution is -2.17. The number of pyridine rings is 1. The fourth-order valence-electron chi connectivity index (χ4n) is 3.01. The minimum Gasteiger partial charge on any atom is -0.454 e. The van der Waals surface area contributed by atoms with Crippen LogP contribution in [-0.4, -0.2) is 23.6 Å². The molecule has 0 radical (unpaired) electrons. The molecule has 2 heterocycles. The fourth-order valence-corrected chi connectivity index (χ4v) is 3.01. The van der Waals surface area contributed by atoms with Crippen molar-refractivity contribution in [1.29, 1.82) is 0 Å². The molecule has 4 rings (SSSR count). The summed E-state index contributed by atoms with van der Waals surface area (Å²) in [6, 6.07) is 13.9. The van der Waals surface area contributed by atoms with Crippen LogP contribution in [0.4, 0.5) is 11.4 Å². The van der Waals surface area contributed by atoms with Gasteiger partial charge in [0.25, 0.3) is 11.8 Å². The Morgan fingerprint density at radius 1 is 0.897 bits per heavy atom. The number of hydrogen-bond acceptors (Lipinski definition) is 5. The second-order valence-corrected chi connectivity index (χ2v) is 6.72. The van der Waals surface area contributed by atoms with E-state index in [0.717, 1.165) is 16.8 Å². The van der Waals surface area contributed by atoms with Gasteiger partial charge in [-0.05, 0) is 49.7 Å². The van der Waals surface area contributed by atoms with Crippen LogP contribution in [0, 0.1) is 13.8 Å². The third kappa shape index (κ3) is 4.03. The maximum atomic E-state index is 12.6. The summed E-state index contributed by atoms with van der Waals surface area (Å²) in [6.07, 6.45) is 1.44. The van der Waals surface area contributed by atoms with Crippen LogP contribution >= 0.6 is 0 Å². The zero-order valence-corrected chi connectivity index (χ0v) is 16.0. The maximum Gasteiger partial charge on any atom is 0.274 e. The highest BCUT2D eigenvalue weighted by atomic mass is 16.7. The molecule has 0 saturated carbocycles. The van der Waals surface area contributed by atoms with Crippen molar-refractivity contribution in [1.82, 2.24) is 4.98 Å². The molecule has 7 heteroatoms. The average molecular weight is 389 g/mol. The second kappa shape index (κ2) is 7.63. The van der Waals surface area contributed by atoms with Crippen molar-refractivity contribution in [2.75, 3.05) is 17.4 Å². The molecule has 146 valence electrons. The summed E-state index contributed by atoms with van der Waals surface area (Å²) in [4.78, 5) is 29.3. The highest BCUT2D eigenvalue weighted by molar-refractivity contribution is 6.08. The van der Waals surface area contributed by atoms with Gasteiger partial charge in [0.1, 0.15) is 5.69 Å². The first kappa shape index (κ1) is 18.5. The first-order chi connectivity index (χ1) is 14.0. The van der Waals surface area contributed by atoms with Gasteiger partial charge < -0.3 is 20.1 Å². The number of nitrogens with one attached hydrogen (secondary N) is 2. The van der Waals surface area contributed by atoms with Gasteiger partial charge in [-0.1, -0.05) is 17.7 Å². The van der Waals surface area contributed by atoms with Crippen molar-refractivity contribution in [3.8, 4) is 11.5 Å². The molecule has 29 heavy (non-hydrogen) atoms.